The predicted molar refractivity (Wildman–Crippen MR) is 81.1 cm³/mol. The van der Waals surface area contributed by atoms with Crippen LogP contribution in [0.5, 0.6) is 0 Å². The van der Waals surface area contributed by atoms with E-state index >= 15 is 0 Å². The van der Waals surface area contributed by atoms with Crippen LogP contribution in [0.15, 0.2) is 12.1 Å². The molecular formula is C17H15F6N3O. The van der Waals surface area contributed by atoms with Gasteiger partial charge < -0.3 is 4.57 Å². The molecule has 4 nitrogen and oxygen atoms in total. The third-order valence-electron chi connectivity index (χ3n) is 4.63. The van der Waals surface area contributed by atoms with Crippen LogP contribution in [-0.4, -0.2) is 20.5 Å². The van der Waals surface area contributed by atoms with Crippen LogP contribution in [0.1, 0.15) is 36.5 Å². The zero-order valence-electron chi connectivity index (χ0n) is 14.0. The Balaban J connectivity index is 1.57. The number of halogens is 6. The molecule has 146 valence electrons. The lowest BCUT2D eigenvalue weighted by molar-refractivity contribution is -0.147. The van der Waals surface area contributed by atoms with Crippen molar-refractivity contribution in [1.82, 2.24) is 14.8 Å². The number of aromatic nitrogens is 3. The van der Waals surface area contributed by atoms with E-state index in [4.69, 9.17) is 0 Å². The number of rotatable bonds is 5. The number of fused-ring (bicyclic) bond motifs is 1. The van der Waals surface area contributed by atoms with Crippen molar-refractivity contribution in [2.75, 3.05) is 0 Å². The highest BCUT2D eigenvalue weighted by molar-refractivity contribution is 5.81. The Labute approximate surface area is 150 Å². The molecular weight excluding hydrogens is 376 g/mol. The van der Waals surface area contributed by atoms with Crippen LogP contribution in [0, 0.1) is 23.4 Å². The van der Waals surface area contributed by atoms with Crippen molar-refractivity contribution >= 4 is 5.78 Å². The van der Waals surface area contributed by atoms with Crippen LogP contribution in [0.2, 0.25) is 0 Å². The summed E-state index contributed by atoms with van der Waals surface area (Å²) in [7, 11) is 0. The van der Waals surface area contributed by atoms with Gasteiger partial charge in [0.05, 0.1) is 0 Å². The normalized spacial score (nSPS) is 17.0. The van der Waals surface area contributed by atoms with Gasteiger partial charge in [-0.15, -0.1) is 10.2 Å². The molecule has 27 heavy (non-hydrogen) atoms. The van der Waals surface area contributed by atoms with Crippen molar-refractivity contribution in [2.45, 2.75) is 44.8 Å². The number of hydrogen-bond acceptors (Lipinski definition) is 3. The van der Waals surface area contributed by atoms with Gasteiger partial charge in [-0.1, -0.05) is 0 Å². The molecule has 0 fully saturated rings. The van der Waals surface area contributed by atoms with E-state index in [0.29, 0.717) is 6.07 Å². The molecule has 2 heterocycles. The van der Waals surface area contributed by atoms with Gasteiger partial charge in [-0.05, 0) is 30.9 Å². The summed E-state index contributed by atoms with van der Waals surface area (Å²) in [5.74, 6) is -4.96. The molecule has 0 N–H and O–H groups in total. The minimum atomic E-state index is -4.60. The molecule has 3 rings (SSSR count). The molecule has 0 saturated heterocycles. The highest BCUT2D eigenvalue weighted by Gasteiger charge is 2.40. The largest absolute Gasteiger partial charge is 0.451 e. The maximum Gasteiger partial charge on any atom is 0.451 e. The molecule has 1 atom stereocenters. The number of nitrogens with zero attached hydrogens (tertiary/aromatic N) is 3. The molecule has 0 bridgehead atoms. The van der Waals surface area contributed by atoms with Gasteiger partial charge in [0.1, 0.15) is 17.4 Å². The third-order valence-corrected chi connectivity index (χ3v) is 4.63. The fourth-order valence-corrected chi connectivity index (χ4v) is 3.23. The summed E-state index contributed by atoms with van der Waals surface area (Å²) in [5, 5.41) is 6.69. The lowest BCUT2D eigenvalue weighted by Gasteiger charge is -2.23. The van der Waals surface area contributed by atoms with Gasteiger partial charge in [0.25, 0.3) is 0 Å². The minimum Gasteiger partial charge on any atom is -0.307 e. The number of ketones is 1. The van der Waals surface area contributed by atoms with E-state index < -0.39 is 35.4 Å². The van der Waals surface area contributed by atoms with Crippen LogP contribution < -0.4 is 0 Å². The Bertz CT molecular complexity index is 861. The Morgan fingerprint density at radius 3 is 2.52 bits per heavy atom. The van der Waals surface area contributed by atoms with Crippen molar-refractivity contribution in [3.63, 3.8) is 0 Å². The van der Waals surface area contributed by atoms with Crippen molar-refractivity contribution in [3.05, 3.63) is 46.8 Å². The van der Waals surface area contributed by atoms with Crippen LogP contribution in [0.3, 0.4) is 0 Å². The Hall–Kier alpha value is -2.39. The first-order valence-corrected chi connectivity index (χ1v) is 8.32. The van der Waals surface area contributed by atoms with E-state index in [-0.39, 0.29) is 55.8 Å². The number of aryl methyl sites for hydroxylation is 1. The van der Waals surface area contributed by atoms with Gasteiger partial charge >= 0.3 is 6.18 Å². The van der Waals surface area contributed by atoms with E-state index in [9.17, 15) is 31.1 Å². The zero-order chi connectivity index (χ0) is 19.8. The van der Waals surface area contributed by atoms with Crippen LogP contribution in [0.25, 0.3) is 0 Å². The number of carbonyl (C=O) groups excluding carboxylic acids is 1. The predicted octanol–water partition coefficient (Wildman–Crippen LogP) is 3.87. The van der Waals surface area contributed by atoms with E-state index in [0.717, 1.165) is 10.6 Å². The van der Waals surface area contributed by atoms with Gasteiger partial charge in [0.2, 0.25) is 5.82 Å². The van der Waals surface area contributed by atoms with Crippen molar-refractivity contribution in [3.8, 4) is 0 Å². The fourth-order valence-electron chi connectivity index (χ4n) is 3.23. The maximum atomic E-state index is 13.6. The Morgan fingerprint density at radius 2 is 1.81 bits per heavy atom. The minimum absolute atomic E-state index is 0.00855. The highest BCUT2D eigenvalue weighted by Crippen LogP contribution is 2.31. The van der Waals surface area contributed by atoms with Crippen molar-refractivity contribution in [2.24, 2.45) is 5.92 Å². The van der Waals surface area contributed by atoms with Gasteiger partial charge in [-0.2, -0.15) is 13.2 Å². The maximum absolute atomic E-state index is 13.6. The number of benzene rings is 1. The second kappa shape index (κ2) is 7.32. The Morgan fingerprint density at radius 1 is 1.11 bits per heavy atom. The number of carbonyl (C=O) groups is 1. The van der Waals surface area contributed by atoms with Crippen LogP contribution >= 0.6 is 0 Å². The molecule has 0 radical (unpaired) electrons. The summed E-state index contributed by atoms with van der Waals surface area (Å²) < 4.78 is 79.0. The molecule has 0 amide bonds. The Kier molecular flexibility index (Phi) is 5.25. The lowest BCUT2D eigenvalue weighted by Crippen LogP contribution is -2.28. The number of Topliss-reactive ketones (excluding diaryl/α,β-unsaturated/α-hetero) is 1. The smallest absolute Gasteiger partial charge is 0.307 e. The first kappa shape index (κ1) is 19.4. The monoisotopic (exact) mass is 391 g/mol. The third kappa shape index (κ3) is 4.14. The molecule has 0 aliphatic carbocycles. The summed E-state index contributed by atoms with van der Waals surface area (Å²) in [6.07, 6.45) is -3.98. The molecule has 1 aliphatic heterocycles. The van der Waals surface area contributed by atoms with Crippen molar-refractivity contribution < 1.29 is 31.1 Å². The molecule has 0 saturated carbocycles. The van der Waals surface area contributed by atoms with Gasteiger partial charge in [0, 0.05) is 31.4 Å². The van der Waals surface area contributed by atoms with Crippen LogP contribution in [0.4, 0.5) is 26.3 Å². The molecule has 1 aromatic carbocycles. The molecule has 1 aromatic heterocycles. The van der Waals surface area contributed by atoms with E-state index in [1.807, 2.05) is 0 Å². The van der Waals surface area contributed by atoms with E-state index in [1.54, 1.807) is 0 Å². The SMILES string of the molecule is O=C(CCCc1cc(F)c(F)cc1F)C1CCn2c(nnc2C(F)(F)F)C1. The standard InChI is InChI=1S/C17H15F6N3O/c18-11-8-13(20)12(19)6-9(11)2-1-3-14(27)10-4-5-26-15(7-10)24-25-16(26)17(21,22)23/h6,8,10H,1-5,7H2. The number of hydrogen-bond donors (Lipinski definition) is 0. The van der Waals surface area contributed by atoms with Gasteiger partial charge in [-0.3, -0.25) is 4.79 Å². The first-order valence-electron chi connectivity index (χ1n) is 8.32. The van der Waals surface area contributed by atoms with Gasteiger partial charge in [-0.25, -0.2) is 13.2 Å². The second-order valence-corrected chi connectivity index (χ2v) is 6.46. The molecule has 10 heteroatoms. The van der Waals surface area contributed by atoms with E-state index in [2.05, 4.69) is 10.2 Å². The number of alkyl halides is 3. The average molecular weight is 391 g/mol. The fraction of sp³-hybridized carbons (Fsp3) is 0.471. The summed E-state index contributed by atoms with van der Waals surface area (Å²) in [5.41, 5.74) is -0.0279. The quantitative estimate of drug-likeness (QED) is 0.574. The summed E-state index contributed by atoms with van der Waals surface area (Å²) in [6, 6.07) is 1.22. The average Bonchev–Trinajstić information content (AvgIpc) is 3.02. The van der Waals surface area contributed by atoms with Crippen molar-refractivity contribution in [1.29, 1.82) is 0 Å². The molecule has 2 aromatic rings. The molecule has 0 spiro atoms. The molecule has 1 aliphatic rings. The topological polar surface area (TPSA) is 47.8 Å². The molecule has 1 unspecified atom stereocenters. The van der Waals surface area contributed by atoms with Gasteiger partial charge in [0.15, 0.2) is 11.6 Å². The summed E-state index contributed by atoms with van der Waals surface area (Å²) >= 11 is 0. The second-order valence-electron chi connectivity index (χ2n) is 6.46. The first-order chi connectivity index (χ1) is 12.7. The summed E-state index contributed by atoms with van der Waals surface area (Å²) in [4.78, 5) is 12.3. The van der Waals surface area contributed by atoms with E-state index in [1.165, 1.54) is 0 Å². The summed E-state index contributed by atoms with van der Waals surface area (Å²) in [6.45, 7) is -0.00855. The zero-order valence-corrected chi connectivity index (χ0v) is 14.0. The highest BCUT2D eigenvalue weighted by atomic mass is 19.4. The lowest BCUT2D eigenvalue weighted by atomic mass is 9.90. The van der Waals surface area contributed by atoms with Crippen LogP contribution in [-0.2, 0) is 30.4 Å².